The predicted molar refractivity (Wildman–Crippen MR) is 57.7 cm³/mol. The highest BCUT2D eigenvalue weighted by molar-refractivity contribution is 5.28. The second-order valence-corrected chi connectivity index (χ2v) is 3.80. The van der Waals surface area contributed by atoms with Crippen LogP contribution in [0.1, 0.15) is 25.3 Å². The molecule has 96 valence electrons. The van der Waals surface area contributed by atoms with Gasteiger partial charge in [-0.15, -0.1) is 13.2 Å². The van der Waals surface area contributed by atoms with Gasteiger partial charge in [-0.25, -0.2) is 0 Å². The standard InChI is InChI=1S/C12H15F3O2/c1-2-10(16)7-6-9-4-3-5-11(8-9)17-12(13,14)15/h3-5,8,10,16H,2,6-7H2,1H3. The molecule has 17 heavy (non-hydrogen) atoms. The Labute approximate surface area is 98.0 Å². The van der Waals surface area contributed by atoms with Crippen LogP contribution in [0.4, 0.5) is 13.2 Å². The van der Waals surface area contributed by atoms with Crippen LogP contribution in [0.2, 0.25) is 0 Å². The fourth-order valence-corrected chi connectivity index (χ4v) is 1.44. The monoisotopic (exact) mass is 248 g/mol. The number of aliphatic hydroxyl groups excluding tert-OH is 1. The summed E-state index contributed by atoms with van der Waals surface area (Å²) >= 11 is 0. The van der Waals surface area contributed by atoms with Crippen molar-refractivity contribution in [1.29, 1.82) is 0 Å². The maximum absolute atomic E-state index is 12.0. The Kier molecular flexibility index (Phi) is 4.81. The average Bonchev–Trinajstić information content (AvgIpc) is 2.24. The van der Waals surface area contributed by atoms with E-state index < -0.39 is 12.5 Å². The van der Waals surface area contributed by atoms with Crippen molar-refractivity contribution < 1.29 is 23.0 Å². The van der Waals surface area contributed by atoms with Crippen molar-refractivity contribution in [2.24, 2.45) is 0 Å². The van der Waals surface area contributed by atoms with Gasteiger partial charge in [0.05, 0.1) is 6.10 Å². The third kappa shape index (κ3) is 5.58. The van der Waals surface area contributed by atoms with Crippen LogP contribution >= 0.6 is 0 Å². The van der Waals surface area contributed by atoms with Crippen molar-refractivity contribution in [2.75, 3.05) is 0 Å². The topological polar surface area (TPSA) is 29.5 Å². The molecule has 1 atom stereocenters. The maximum atomic E-state index is 12.0. The molecule has 0 heterocycles. The molecule has 2 nitrogen and oxygen atoms in total. The number of halogens is 3. The minimum absolute atomic E-state index is 0.221. The summed E-state index contributed by atoms with van der Waals surface area (Å²) < 4.78 is 39.8. The van der Waals surface area contributed by atoms with E-state index in [1.54, 1.807) is 6.07 Å². The Bertz CT molecular complexity index is 350. The summed E-state index contributed by atoms with van der Waals surface area (Å²) in [6.07, 6.45) is -3.38. The Morgan fingerprint density at radius 2 is 2.06 bits per heavy atom. The summed E-state index contributed by atoms with van der Waals surface area (Å²) in [7, 11) is 0. The first-order valence-corrected chi connectivity index (χ1v) is 5.43. The van der Waals surface area contributed by atoms with Gasteiger partial charge in [-0.2, -0.15) is 0 Å². The highest BCUT2D eigenvalue weighted by Crippen LogP contribution is 2.23. The van der Waals surface area contributed by atoms with Crippen LogP contribution in [0.5, 0.6) is 5.75 Å². The summed E-state index contributed by atoms with van der Waals surface area (Å²) in [4.78, 5) is 0. The van der Waals surface area contributed by atoms with Crippen LogP contribution in [-0.2, 0) is 6.42 Å². The van der Waals surface area contributed by atoms with Gasteiger partial charge in [0.15, 0.2) is 0 Å². The molecule has 0 radical (unpaired) electrons. The SMILES string of the molecule is CCC(O)CCc1cccc(OC(F)(F)F)c1. The lowest BCUT2D eigenvalue weighted by atomic mass is 10.1. The molecule has 0 fully saturated rings. The molecule has 0 spiro atoms. The van der Waals surface area contributed by atoms with Crippen LogP contribution in [0, 0.1) is 0 Å². The van der Waals surface area contributed by atoms with Crippen molar-refractivity contribution in [2.45, 2.75) is 38.7 Å². The van der Waals surface area contributed by atoms with Gasteiger partial charge < -0.3 is 9.84 Å². The first kappa shape index (κ1) is 13.8. The predicted octanol–water partition coefficient (Wildman–Crippen LogP) is 3.29. The Morgan fingerprint density at radius 3 is 2.65 bits per heavy atom. The van der Waals surface area contributed by atoms with Crippen LogP contribution < -0.4 is 4.74 Å². The summed E-state index contributed by atoms with van der Waals surface area (Å²) in [6, 6.07) is 5.82. The molecule has 1 rings (SSSR count). The van der Waals surface area contributed by atoms with Gasteiger partial charge in [0.2, 0.25) is 0 Å². The van der Waals surface area contributed by atoms with Gasteiger partial charge in [-0.3, -0.25) is 0 Å². The molecule has 1 aromatic rings. The number of aryl methyl sites for hydroxylation is 1. The first-order valence-electron chi connectivity index (χ1n) is 5.43. The fraction of sp³-hybridized carbons (Fsp3) is 0.500. The fourth-order valence-electron chi connectivity index (χ4n) is 1.44. The molecule has 0 bridgehead atoms. The van der Waals surface area contributed by atoms with Gasteiger partial charge >= 0.3 is 6.36 Å². The summed E-state index contributed by atoms with van der Waals surface area (Å²) in [6.45, 7) is 1.86. The summed E-state index contributed by atoms with van der Waals surface area (Å²) in [5.74, 6) is -0.221. The third-order valence-electron chi connectivity index (χ3n) is 2.37. The van der Waals surface area contributed by atoms with Crippen LogP contribution in [-0.4, -0.2) is 17.6 Å². The second-order valence-electron chi connectivity index (χ2n) is 3.80. The van der Waals surface area contributed by atoms with E-state index in [2.05, 4.69) is 4.74 Å². The molecule has 0 aliphatic rings. The second kappa shape index (κ2) is 5.91. The minimum Gasteiger partial charge on any atom is -0.406 e. The van der Waals surface area contributed by atoms with Gasteiger partial charge in [-0.1, -0.05) is 19.1 Å². The van der Waals surface area contributed by atoms with Crippen molar-refractivity contribution in [3.63, 3.8) is 0 Å². The van der Waals surface area contributed by atoms with E-state index in [1.807, 2.05) is 6.92 Å². The van der Waals surface area contributed by atoms with Crippen molar-refractivity contribution >= 4 is 0 Å². The molecule has 0 saturated heterocycles. The zero-order valence-electron chi connectivity index (χ0n) is 9.50. The average molecular weight is 248 g/mol. The van der Waals surface area contributed by atoms with Gasteiger partial charge in [0.25, 0.3) is 0 Å². The molecule has 0 aliphatic heterocycles. The van der Waals surface area contributed by atoms with Crippen LogP contribution in [0.15, 0.2) is 24.3 Å². The molecule has 1 unspecified atom stereocenters. The van der Waals surface area contributed by atoms with E-state index >= 15 is 0 Å². The largest absolute Gasteiger partial charge is 0.573 e. The maximum Gasteiger partial charge on any atom is 0.573 e. The summed E-state index contributed by atoms with van der Waals surface area (Å²) in [5.41, 5.74) is 0.722. The first-order chi connectivity index (χ1) is 7.90. The van der Waals surface area contributed by atoms with E-state index in [1.165, 1.54) is 18.2 Å². The quantitative estimate of drug-likeness (QED) is 0.866. The van der Waals surface area contributed by atoms with Crippen LogP contribution in [0.25, 0.3) is 0 Å². The normalized spacial score (nSPS) is 13.5. The van der Waals surface area contributed by atoms with Gasteiger partial charge in [0.1, 0.15) is 5.75 Å². The number of benzene rings is 1. The molecule has 0 aromatic heterocycles. The zero-order chi connectivity index (χ0) is 12.9. The Morgan fingerprint density at radius 1 is 1.35 bits per heavy atom. The van der Waals surface area contributed by atoms with E-state index in [0.717, 1.165) is 5.56 Å². The van der Waals surface area contributed by atoms with Gasteiger partial charge in [0, 0.05) is 0 Å². The Hall–Kier alpha value is -1.23. The zero-order valence-corrected chi connectivity index (χ0v) is 9.50. The van der Waals surface area contributed by atoms with Crippen molar-refractivity contribution in [1.82, 2.24) is 0 Å². The van der Waals surface area contributed by atoms with Gasteiger partial charge in [-0.05, 0) is 37.0 Å². The van der Waals surface area contributed by atoms with E-state index in [9.17, 15) is 18.3 Å². The molecule has 0 amide bonds. The molecule has 5 heteroatoms. The number of ether oxygens (including phenoxy) is 1. The lowest BCUT2D eigenvalue weighted by molar-refractivity contribution is -0.274. The van der Waals surface area contributed by atoms with Crippen molar-refractivity contribution in [3.8, 4) is 5.75 Å². The number of alkyl halides is 3. The molecule has 1 N–H and O–H groups in total. The highest BCUT2D eigenvalue weighted by Gasteiger charge is 2.31. The van der Waals surface area contributed by atoms with Crippen molar-refractivity contribution in [3.05, 3.63) is 29.8 Å². The third-order valence-corrected chi connectivity index (χ3v) is 2.37. The van der Waals surface area contributed by atoms with E-state index in [4.69, 9.17) is 0 Å². The molecular weight excluding hydrogens is 233 g/mol. The van der Waals surface area contributed by atoms with E-state index in [-0.39, 0.29) is 5.75 Å². The summed E-state index contributed by atoms with van der Waals surface area (Å²) in [5, 5.41) is 9.36. The molecule has 1 aromatic carbocycles. The lowest BCUT2D eigenvalue weighted by Crippen LogP contribution is -2.17. The molecular formula is C12H15F3O2. The molecule has 0 saturated carbocycles. The van der Waals surface area contributed by atoms with E-state index in [0.29, 0.717) is 19.3 Å². The lowest BCUT2D eigenvalue weighted by Gasteiger charge is -2.11. The number of hydrogen-bond donors (Lipinski definition) is 1. The Balaban J connectivity index is 2.60. The smallest absolute Gasteiger partial charge is 0.406 e. The number of hydrogen-bond acceptors (Lipinski definition) is 2. The number of rotatable bonds is 5. The highest BCUT2D eigenvalue weighted by atomic mass is 19.4. The minimum atomic E-state index is -4.67. The van der Waals surface area contributed by atoms with Crippen LogP contribution in [0.3, 0.4) is 0 Å². The number of aliphatic hydroxyl groups is 1. The molecule has 0 aliphatic carbocycles.